The Kier molecular flexibility index (Phi) is 4.49. The van der Waals surface area contributed by atoms with E-state index >= 15 is 0 Å². The predicted octanol–water partition coefficient (Wildman–Crippen LogP) is 4.24. The average molecular weight is 399 g/mol. The van der Waals surface area contributed by atoms with E-state index in [9.17, 15) is 0 Å². The third-order valence-corrected chi connectivity index (χ3v) is 6.85. The van der Waals surface area contributed by atoms with Gasteiger partial charge in [-0.1, -0.05) is 6.92 Å². The van der Waals surface area contributed by atoms with E-state index < -0.39 is 0 Å². The highest BCUT2D eigenvalue weighted by atomic mass is 32.1. The molecule has 0 radical (unpaired) electrons. The molecule has 0 aliphatic carbocycles. The number of hydrogen-bond donors (Lipinski definition) is 1. The fourth-order valence-electron chi connectivity index (χ4n) is 4.31. The van der Waals surface area contributed by atoms with E-state index in [1.807, 2.05) is 0 Å². The molecule has 148 valence electrons. The van der Waals surface area contributed by atoms with Crippen LogP contribution >= 0.6 is 11.3 Å². The molecule has 5 heterocycles. The van der Waals surface area contributed by atoms with Gasteiger partial charge >= 0.3 is 0 Å². The molecule has 2 aliphatic rings. The predicted molar refractivity (Wildman–Crippen MR) is 112 cm³/mol. The Morgan fingerprint density at radius 3 is 2.96 bits per heavy atom. The molecule has 7 heteroatoms. The van der Waals surface area contributed by atoms with Gasteiger partial charge in [0.2, 0.25) is 0 Å². The summed E-state index contributed by atoms with van der Waals surface area (Å²) in [5.41, 5.74) is 4.59. The molecule has 1 unspecified atom stereocenters. The van der Waals surface area contributed by atoms with Gasteiger partial charge in [-0.05, 0) is 38.7 Å². The zero-order valence-corrected chi connectivity index (χ0v) is 17.5. The van der Waals surface area contributed by atoms with Crippen LogP contribution in [0.4, 0.5) is 5.82 Å². The molecule has 0 bridgehead atoms. The van der Waals surface area contributed by atoms with Crippen molar-refractivity contribution in [3.63, 3.8) is 0 Å². The Labute approximate surface area is 168 Å². The number of ether oxygens (including phenoxy) is 2. The summed E-state index contributed by atoms with van der Waals surface area (Å²) in [4.78, 5) is 15.2. The molecule has 1 N–H and O–H groups in total. The highest BCUT2D eigenvalue weighted by Crippen LogP contribution is 2.42. The van der Waals surface area contributed by atoms with Crippen molar-refractivity contribution in [1.82, 2.24) is 15.0 Å². The van der Waals surface area contributed by atoms with Crippen molar-refractivity contribution >= 4 is 37.6 Å². The summed E-state index contributed by atoms with van der Waals surface area (Å²) in [5, 5.41) is 4.68. The summed E-state index contributed by atoms with van der Waals surface area (Å²) >= 11 is 1.69. The first-order valence-electron chi connectivity index (χ1n) is 10.1. The molecule has 1 atom stereocenters. The maximum absolute atomic E-state index is 6.10. The SMILES string of the molecule is CCc1nc2sc3c(NCC4CCCO4)ncnc3c2c2c1COC(C)(C)C2. The molecular weight excluding hydrogens is 372 g/mol. The van der Waals surface area contributed by atoms with Crippen molar-refractivity contribution in [3.8, 4) is 0 Å². The van der Waals surface area contributed by atoms with Crippen molar-refractivity contribution in [2.45, 2.75) is 64.8 Å². The zero-order valence-electron chi connectivity index (χ0n) is 16.7. The summed E-state index contributed by atoms with van der Waals surface area (Å²) in [5.74, 6) is 0.890. The number of aromatic nitrogens is 3. The zero-order chi connectivity index (χ0) is 19.3. The number of hydrogen-bond acceptors (Lipinski definition) is 7. The lowest BCUT2D eigenvalue weighted by Gasteiger charge is -2.33. The molecular formula is C21H26N4O2S. The number of anilines is 1. The van der Waals surface area contributed by atoms with Crippen LogP contribution in [-0.4, -0.2) is 39.8 Å². The molecule has 28 heavy (non-hydrogen) atoms. The molecule has 5 rings (SSSR count). The number of pyridine rings is 1. The van der Waals surface area contributed by atoms with E-state index in [1.165, 1.54) is 16.5 Å². The maximum Gasteiger partial charge on any atom is 0.147 e. The van der Waals surface area contributed by atoms with Crippen LogP contribution in [-0.2, 0) is 28.9 Å². The second-order valence-electron chi connectivity index (χ2n) is 8.29. The minimum Gasteiger partial charge on any atom is -0.376 e. The van der Waals surface area contributed by atoms with Crippen LogP contribution in [0.2, 0.25) is 0 Å². The number of thiophene rings is 1. The van der Waals surface area contributed by atoms with Gasteiger partial charge in [-0.2, -0.15) is 0 Å². The van der Waals surface area contributed by atoms with Crippen LogP contribution < -0.4 is 5.32 Å². The van der Waals surface area contributed by atoms with Crippen molar-refractivity contribution in [3.05, 3.63) is 23.1 Å². The quantitative estimate of drug-likeness (QED) is 0.709. The second kappa shape index (κ2) is 6.90. The van der Waals surface area contributed by atoms with Crippen molar-refractivity contribution < 1.29 is 9.47 Å². The fraction of sp³-hybridized carbons (Fsp3) is 0.571. The lowest BCUT2D eigenvalue weighted by Crippen LogP contribution is -2.32. The molecule has 0 spiro atoms. The van der Waals surface area contributed by atoms with Gasteiger partial charge in [-0.15, -0.1) is 11.3 Å². The van der Waals surface area contributed by atoms with Gasteiger partial charge in [0.1, 0.15) is 17.0 Å². The van der Waals surface area contributed by atoms with Gasteiger partial charge < -0.3 is 14.8 Å². The minimum absolute atomic E-state index is 0.172. The fourth-order valence-corrected chi connectivity index (χ4v) is 5.45. The largest absolute Gasteiger partial charge is 0.376 e. The second-order valence-corrected chi connectivity index (χ2v) is 9.29. The summed E-state index contributed by atoms with van der Waals surface area (Å²) in [7, 11) is 0. The van der Waals surface area contributed by atoms with Crippen molar-refractivity contribution in [2.75, 3.05) is 18.5 Å². The summed E-state index contributed by atoms with van der Waals surface area (Å²) in [6.45, 7) is 8.75. The van der Waals surface area contributed by atoms with E-state index in [0.29, 0.717) is 6.61 Å². The topological polar surface area (TPSA) is 69.2 Å². The normalized spacial score (nSPS) is 21.3. The van der Waals surface area contributed by atoms with E-state index in [0.717, 1.165) is 65.4 Å². The molecule has 3 aromatic rings. The first kappa shape index (κ1) is 18.2. The Hall–Kier alpha value is -1.83. The summed E-state index contributed by atoms with van der Waals surface area (Å²) in [6.07, 6.45) is 5.97. The third kappa shape index (κ3) is 3.06. The molecule has 0 amide bonds. The van der Waals surface area contributed by atoms with E-state index in [-0.39, 0.29) is 11.7 Å². The Morgan fingerprint density at radius 2 is 2.18 bits per heavy atom. The number of rotatable bonds is 4. The van der Waals surface area contributed by atoms with E-state index in [2.05, 4.69) is 36.1 Å². The van der Waals surface area contributed by atoms with Crippen molar-refractivity contribution in [1.29, 1.82) is 0 Å². The molecule has 6 nitrogen and oxygen atoms in total. The number of aryl methyl sites for hydroxylation is 1. The van der Waals surface area contributed by atoms with E-state index in [4.69, 9.17) is 14.5 Å². The minimum atomic E-state index is -0.172. The third-order valence-electron chi connectivity index (χ3n) is 5.77. The van der Waals surface area contributed by atoms with Gasteiger partial charge in [-0.3, -0.25) is 0 Å². The number of fused-ring (bicyclic) bond motifs is 5. The van der Waals surface area contributed by atoms with Crippen LogP contribution in [0.15, 0.2) is 6.33 Å². The number of nitrogens with zero attached hydrogens (tertiary/aromatic N) is 3. The Morgan fingerprint density at radius 1 is 1.29 bits per heavy atom. The van der Waals surface area contributed by atoms with Crippen LogP contribution in [0.1, 0.15) is 50.4 Å². The summed E-state index contributed by atoms with van der Waals surface area (Å²) in [6, 6.07) is 0. The van der Waals surface area contributed by atoms with Crippen LogP contribution in [0.25, 0.3) is 20.4 Å². The van der Waals surface area contributed by atoms with Gasteiger partial charge in [0.25, 0.3) is 0 Å². The smallest absolute Gasteiger partial charge is 0.147 e. The van der Waals surface area contributed by atoms with Crippen molar-refractivity contribution in [2.24, 2.45) is 0 Å². The van der Waals surface area contributed by atoms with Gasteiger partial charge in [0.15, 0.2) is 0 Å². The Bertz CT molecular complexity index is 1040. The van der Waals surface area contributed by atoms with Gasteiger partial charge in [-0.25, -0.2) is 15.0 Å². The lowest BCUT2D eigenvalue weighted by atomic mass is 9.89. The number of nitrogens with one attached hydrogen (secondary N) is 1. The highest BCUT2D eigenvalue weighted by molar-refractivity contribution is 7.26. The van der Waals surface area contributed by atoms with Crippen LogP contribution in [0.5, 0.6) is 0 Å². The van der Waals surface area contributed by atoms with Crippen LogP contribution in [0, 0.1) is 0 Å². The molecule has 1 fully saturated rings. The standard InChI is InChI=1S/C21H26N4O2S/c1-4-15-14-10-27-21(2,3)8-13(14)16-17-18(28-20(16)25-15)19(24-11-23-17)22-9-12-6-5-7-26-12/h11-12H,4-10H2,1-3H3,(H,22,23,24). The maximum atomic E-state index is 6.10. The van der Waals surface area contributed by atoms with Crippen LogP contribution in [0.3, 0.4) is 0 Å². The highest BCUT2D eigenvalue weighted by Gasteiger charge is 2.31. The molecule has 1 saturated heterocycles. The Balaban J connectivity index is 1.64. The first-order valence-corrected chi connectivity index (χ1v) is 10.9. The molecule has 0 aromatic carbocycles. The monoisotopic (exact) mass is 398 g/mol. The molecule has 2 aliphatic heterocycles. The average Bonchev–Trinajstić information content (AvgIpc) is 3.32. The lowest BCUT2D eigenvalue weighted by molar-refractivity contribution is -0.0401. The van der Waals surface area contributed by atoms with Gasteiger partial charge in [0, 0.05) is 36.2 Å². The summed E-state index contributed by atoms with van der Waals surface area (Å²) < 4.78 is 12.9. The first-order chi connectivity index (χ1) is 13.6. The molecule has 3 aromatic heterocycles. The van der Waals surface area contributed by atoms with E-state index in [1.54, 1.807) is 17.7 Å². The molecule has 0 saturated carbocycles. The van der Waals surface area contributed by atoms with Gasteiger partial charge in [0.05, 0.1) is 28.5 Å².